The van der Waals surface area contributed by atoms with Crippen LogP contribution in [0.5, 0.6) is 0 Å². The summed E-state index contributed by atoms with van der Waals surface area (Å²) in [4.78, 5) is 23.2. The third-order valence-electron chi connectivity index (χ3n) is 3.42. The summed E-state index contributed by atoms with van der Waals surface area (Å²) in [6.45, 7) is 2.40. The van der Waals surface area contributed by atoms with Gasteiger partial charge >= 0.3 is 0 Å². The van der Waals surface area contributed by atoms with Crippen LogP contribution in [-0.2, 0) is 13.0 Å². The van der Waals surface area contributed by atoms with Gasteiger partial charge < -0.3 is 10.7 Å². The monoisotopic (exact) mass is 339 g/mol. The summed E-state index contributed by atoms with van der Waals surface area (Å²) in [6.07, 6.45) is 2.11. The number of fused-ring (bicyclic) bond motifs is 1. The van der Waals surface area contributed by atoms with E-state index in [9.17, 15) is 4.79 Å². The van der Waals surface area contributed by atoms with Crippen LogP contribution in [0.1, 0.15) is 11.1 Å². The lowest BCUT2D eigenvalue weighted by Gasteiger charge is -2.09. The number of aryl methyl sites for hydroxylation is 2. The number of halogens is 2. The van der Waals surface area contributed by atoms with Gasteiger partial charge in [0, 0.05) is 11.6 Å². The minimum atomic E-state index is -0.208. The van der Waals surface area contributed by atoms with Crippen LogP contribution in [0.3, 0.4) is 0 Å². The SMILES string of the molecule is Cc1cc(CCn2c(N)nc3nc[nH]c3c2=O)ccc1Cl.Cl. The molecule has 0 radical (unpaired) electrons. The first kappa shape index (κ1) is 16.3. The van der Waals surface area contributed by atoms with Gasteiger partial charge in [-0.3, -0.25) is 9.36 Å². The second kappa shape index (κ2) is 6.37. The van der Waals surface area contributed by atoms with Crippen LogP contribution in [0.15, 0.2) is 29.3 Å². The zero-order valence-electron chi connectivity index (χ0n) is 11.8. The highest BCUT2D eigenvalue weighted by Crippen LogP contribution is 2.17. The topological polar surface area (TPSA) is 89.6 Å². The standard InChI is InChI=1S/C14H14ClN5O.ClH/c1-8-6-9(2-3-10(8)15)4-5-20-13(21)11-12(18-7-17-11)19-14(20)16;/h2-3,6-7H,4-5H2,1H3,(H2,16,19)(H,17,18);1H. The molecular formula is C14H15Cl2N5O. The number of nitrogens with two attached hydrogens (primary N) is 1. The van der Waals surface area contributed by atoms with E-state index in [2.05, 4.69) is 15.0 Å². The van der Waals surface area contributed by atoms with Gasteiger partial charge in [0.2, 0.25) is 5.95 Å². The number of hydrogen-bond donors (Lipinski definition) is 2. The van der Waals surface area contributed by atoms with E-state index in [4.69, 9.17) is 17.3 Å². The maximum atomic E-state index is 12.3. The summed E-state index contributed by atoms with van der Waals surface area (Å²) in [5.74, 6) is 0.172. The van der Waals surface area contributed by atoms with Gasteiger partial charge in [-0.25, -0.2) is 4.98 Å². The Balaban J connectivity index is 0.00000176. The van der Waals surface area contributed by atoms with Crippen molar-refractivity contribution in [3.05, 3.63) is 51.0 Å². The molecule has 0 fully saturated rings. The molecule has 3 N–H and O–H groups in total. The lowest BCUT2D eigenvalue weighted by Crippen LogP contribution is -2.25. The zero-order valence-corrected chi connectivity index (χ0v) is 13.4. The van der Waals surface area contributed by atoms with Crippen molar-refractivity contribution in [1.29, 1.82) is 0 Å². The largest absolute Gasteiger partial charge is 0.369 e. The molecule has 0 saturated carbocycles. The molecule has 0 aliphatic heterocycles. The van der Waals surface area contributed by atoms with Gasteiger partial charge in [0.15, 0.2) is 11.2 Å². The summed E-state index contributed by atoms with van der Waals surface area (Å²) in [6, 6.07) is 5.80. The molecule has 0 spiro atoms. The Bertz CT molecular complexity index is 871. The van der Waals surface area contributed by atoms with Crippen molar-refractivity contribution >= 4 is 41.1 Å². The predicted molar refractivity (Wildman–Crippen MR) is 89.7 cm³/mol. The Labute approximate surface area is 137 Å². The number of imidazole rings is 1. The second-order valence-electron chi connectivity index (χ2n) is 4.86. The number of benzene rings is 1. The molecule has 0 saturated heterocycles. The second-order valence-corrected chi connectivity index (χ2v) is 5.27. The van der Waals surface area contributed by atoms with Crippen molar-refractivity contribution < 1.29 is 0 Å². The van der Waals surface area contributed by atoms with Crippen molar-refractivity contribution in [2.75, 3.05) is 5.73 Å². The number of rotatable bonds is 3. The molecular weight excluding hydrogens is 325 g/mol. The molecule has 0 unspecified atom stereocenters. The lowest BCUT2D eigenvalue weighted by molar-refractivity contribution is 0.673. The average molecular weight is 340 g/mol. The van der Waals surface area contributed by atoms with Crippen LogP contribution in [0, 0.1) is 6.92 Å². The van der Waals surface area contributed by atoms with Crippen molar-refractivity contribution in [2.45, 2.75) is 19.9 Å². The summed E-state index contributed by atoms with van der Waals surface area (Å²) in [5, 5.41) is 0.732. The molecule has 2 aromatic heterocycles. The molecule has 22 heavy (non-hydrogen) atoms. The van der Waals surface area contributed by atoms with Gasteiger partial charge in [-0.2, -0.15) is 4.98 Å². The molecule has 0 bridgehead atoms. The van der Waals surface area contributed by atoms with E-state index in [0.717, 1.165) is 16.1 Å². The van der Waals surface area contributed by atoms with E-state index in [1.165, 1.54) is 10.9 Å². The van der Waals surface area contributed by atoms with Crippen LogP contribution in [0.2, 0.25) is 5.02 Å². The fourth-order valence-corrected chi connectivity index (χ4v) is 2.37. The van der Waals surface area contributed by atoms with E-state index in [-0.39, 0.29) is 23.9 Å². The first-order valence-electron chi connectivity index (χ1n) is 6.50. The van der Waals surface area contributed by atoms with E-state index < -0.39 is 0 Å². The fourth-order valence-electron chi connectivity index (χ4n) is 2.26. The number of aromatic nitrogens is 4. The fraction of sp³-hybridized carbons (Fsp3) is 0.214. The molecule has 0 aliphatic rings. The summed E-state index contributed by atoms with van der Waals surface area (Å²) in [5.41, 5.74) is 8.45. The Morgan fingerprint density at radius 2 is 2.18 bits per heavy atom. The van der Waals surface area contributed by atoms with Crippen LogP contribution in [0.4, 0.5) is 5.95 Å². The predicted octanol–water partition coefficient (Wildman–Crippen LogP) is 2.33. The van der Waals surface area contributed by atoms with Gasteiger partial charge in [0.05, 0.1) is 6.33 Å². The minimum absolute atomic E-state index is 0. The first-order chi connectivity index (χ1) is 10.1. The summed E-state index contributed by atoms with van der Waals surface area (Å²) in [7, 11) is 0. The normalized spacial score (nSPS) is 10.6. The Morgan fingerprint density at radius 3 is 2.91 bits per heavy atom. The Morgan fingerprint density at radius 1 is 1.41 bits per heavy atom. The van der Waals surface area contributed by atoms with Crippen molar-refractivity contribution in [1.82, 2.24) is 19.5 Å². The zero-order chi connectivity index (χ0) is 15.0. The van der Waals surface area contributed by atoms with E-state index in [1.54, 1.807) is 0 Å². The van der Waals surface area contributed by atoms with Gasteiger partial charge in [-0.05, 0) is 30.5 Å². The smallest absolute Gasteiger partial charge is 0.280 e. The number of aromatic amines is 1. The average Bonchev–Trinajstić information content (AvgIpc) is 2.90. The van der Waals surface area contributed by atoms with E-state index in [0.29, 0.717) is 24.1 Å². The quantitative estimate of drug-likeness (QED) is 0.766. The highest BCUT2D eigenvalue weighted by atomic mass is 35.5. The number of hydrogen-bond acceptors (Lipinski definition) is 4. The molecule has 0 amide bonds. The van der Waals surface area contributed by atoms with E-state index in [1.807, 2.05) is 25.1 Å². The third-order valence-corrected chi connectivity index (χ3v) is 3.85. The molecule has 0 atom stereocenters. The van der Waals surface area contributed by atoms with Crippen LogP contribution in [0.25, 0.3) is 11.2 Å². The molecule has 2 heterocycles. The highest BCUT2D eigenvalue weighted by Gasteiger charge is 2.10. The first-order valence-corrected chi connectivity index (χ1v) is 6.88. The maximum Gasteiger partial charge on any atom is 0.280 e. The number of nitrogens with one attached hydrogen (secondary N) is 1. The van der Waals surface area contributed by atoms with Crippen LogP contribution < -0.4 is 11.3 Å². The van der Waals surface area contributed by atoms with Crippen LogP contribution >= 0.6 is 24.0 Å². The summed E-state index contributed by atoms with van der Waals surface area (Å²) < 4.78 is 1.45. The van der Waals surface area contributed by atoms with Gasteiger partial charge in [-0.1, -0.05) is 23.7 Å². The molecule has 116 valence electrons. The minimum Gasteiger partial charge on any atom is -0.369 e. The number of nitrogens with zero attached hydrogens (tertiary/aromatic N) is 3. The number of anilines is 1. The van der Waals surface area contributed by atoms with Gasteiger partial charge in [0.25, 0.3) is 5.56 Å². The molecule has 3 aromatic rings. The summed E-state index contributed by atoms with van der Waals surface area (Å²) >= 11 is 6.00. The van der Waals surface area contributed by atoms with E-state index >= 15 is 0 Å². The molecule has 3 rings (SSSR count). The molecule has 0 aliphatic carbocycles. The highest BCUT2D eigenvalue weighted by molar-refractivity contribution is 6.31. The van der Waals surface area contributed by atoms with Crippen molar-refractivity contribution in [3.63, 3.8) is 0 Å². The lowest BCUT2D eigenvalue weighted by atomic mass is 10.1. The Hall–Kier alpha value is -2.05. The molecule has 6 nitrogen and oxygen atoms in total. The van der Waals surface area contributed by atoms with Crippen molar-refractivity contribution in [2.24, 2.45) is 0 Å². The van der Waals surface area contributed by atoms with Crippen LogP contribution in [-0.4, -0.2) is 19.5 Å². The molecule has 1 aromatic carbocycles. The Kier molecular flexibility index (Phi) is 4.73. The third kappa shape index (κ3) is 2.93. The number of H-pyrrole nitrogens is 1. The van der Waals surface area contributed by atoms with Crippen molar-refractivity contribution in [3.8, 4) is 0 Å². The number of nitrogen functional groups attached to an aromatic ring is 1. The maximum absolute atomic E-state index is 12.3. The molecule has 8 heteroatoms. The van der Waals surface area contributed by atoms with Gasteiger partial charge in [0.1, 0.15) is 0 Å². The van der Waals surface area contributed by atoms with Gasteiger partial charge in [-0.15, -0.1) is 12.4 Å².